The summed E-state index contributed by atoms with van der Waals surface area (Å²) in [4.78, 5) is 28.1. The lowest BCUT2D eigenvalue weighted by Crippen LogP contribution is -2.14. The first-order valence-electron chi connectivity index (χ1n) is 8.80. The Labute approximate surface area is 163 Å². The van der Waals surface area contributed by atoms with Crippen LogP contribution in [0, 0.1) is 6.92 Å². The van der Waals surface area contributed by atoms with Gasteiger partial charge < -0.3 is 15.4 Å². The molecule has 0 fully saturated rings. The third kappa shape index (κ3) is 5.17. The Balaban J connectivity index is 1.59. The molecule has 6 nitrogen and oxygen atoms in total. The summed E-state index contributed by atoms with van der Waals surface area (Å²) in [5.74, 6) is 0.0962. The van der Waals surface area contributed by atoms with Crippen molar-refractivity contribution in [3.63, 3.8) is 0 Å². The van der Waals surface area contributed by atoms with Crippen LogP contribution in [0.5, 0.6) is 0 Å². The number of aryl methyl sites for hydroxylation is 1. The third-order valence-corrected chi connectivity index (χ3v) is 4.09. The van der Waals surface area contributed by atoms with Gasteiger partial charge in [0.1, 0.15) is 5.82 Å². The summed E-state index contributed by atoms with van der Waals surface area (Å²) in [5.41, 5.74) is 3.90. The second-order valence-corrected chi connectivity index (χ2v) is 6.34. The fourth-order valence-electron chi connectivity index (χ4n) is 2.63. The standard InChI is InChI=1S/C22H21N3O3/c1-15-6-8-16(9-7-15)12-21(26)25-19-10-11-20(23-14-19)24-18-5-3-4-17(13-18)22(27)28-2/h3-11,13-14H,12H2,1-2H3,(H,23,24)(H,25,26). The molecular formula is C22H21N3O3. The number of methoxy groups -OCH3 is 1. The number of hydrogen-bond donors (Lipinski definition) is 2. The third-order valence-electron chi connectivity index (χ3n) is 4.09. The highest BCUT2D eigenvalue weighted by molar-refractivity contribution is 5.92. The second kappa shape index (κ2) is 8.81. The van der Waals surface area contributed by atoms with E-state index in [4.69, 9.17) is 4.74 Å². The van der Waals surface area contributed by atoms with Gasteiger partial charge in [0.2, 0.25) is 5.91 Å². The van der Waals surface area contributed by atoms with Gasteiger partial charge in [0.05, 0.1) is 31.0 Å². The lowest BCUT2D eigenvalue weighted by Gasteiger charge is -2.09. The smallest absolute Gasteiger partial charge is 0.337 e. The van der Waals surface area contributed by atoms with Crippen molar-refractivity contribution < 1.29 is 14.3 Å². The van der Waals surface area contributed by atoms with Gasteiger partial charge in [0.25, 0.3) is 0 Å². The topological polar surface area (TPSA) is 80.3 Å². The Morgan fingerprint density at radius 2 is 1.79 bits per heavy atom. The molecule has 0 bridgehead atoms. The van der Waals surface area contributed by atoms with Crippen LogP contribution in [0.1, 0.15) is 21.5 Å². The molecule has 0 saturated carbocycles. The summed E-state index contributed by atoms with van der Waals surface area (Å²) in [6.07, 6.45) is 1.89. The van der Waals surface area contributed by atoms with Crippen molar-refractivity contribution in [2.24, 2.45) is 0 Å². The molecule has 2 aromatic carbocycles. The summed E-state index contributed by atoms with van der Waals surface area (Å²) < 4.78 is 4.72. The first-order valence-corrected chi connectivity index (χ1v) is 8.80. The number of rotatable bonds is 6. The quantitative estimate of drug-likeness (QED) is 0.634. The normalized spacial score (nSPS) is 10.2. The van der Waals surface area contributed by atoms with Crippen molar-refractivity contribution in [2.75, 3.05) is 17.7 Å². The number of nitrogens with one attached hydrogen (secondary N) is 2. The Kier molecular flexibility index (Phi) is 6.01. The van der Waals surface area contributed by atoms with Crippen LogP contribution < -0.4 is 10.6 Å². The summed E-state index contributed by atoms with van der Waals surface area (Å²) in [6.45, 7) is 2.01. The van der Waals surface area contributed by atoms with Crippen molar-refractivity contribution in [2.45, 2.75) is 13.3 Å². The molecule has 0 atom stereocenters. The number of amides is 1. The molecule has 0 saturated heterocycles. The van der Waals surface area contributed by atoms with Gasteiger partial charge in [0.15, 0.2) is 0 Å². The lowest BCUT2D eigenvalue weighted by molar-refractivity contribution is -0.115. The number of ether oxygens (including phenoxy) is 1. The van der Waals surface area contributed by atoms with E-state index in [9.17, 15) is 9.59 Å². The van der Waals surface area contributed by atoms with Gasteiger partial charge in [-0.2, -0.15) is 0 Å². The van der Waals surface area contributed by atoms with E-state index in [2.05, 4.69) is 15.6 Å². The molecular weight excluding hydrogens is 354 g/mol. The van der Waals surface area contributed by atoms with Crippen LogP contribution in [0.15, 0.2) is 66.9 Å². The zero-order chi connectivity index (χ0) is 19.9. The number of anilines is 3. The number of carbonyl (C=O) groups is 2. The maximum absolute atomic E-state index is 12.2. The molecule has 0 radical (unpaired) electrons. The fourth-order valence-corrected chi connectivity index (χ4v) is 2.63. The monoisotopic (exact) mass is 375 g/mol. The molecule has 1 heterocycles. The van der Waals surface area contributed by atoms with Crippen LogP contribution in [0.3, 0.4) is 0 Å². The first kappa shape index (κ1) is 19.1. The van der Waals surface area contributed by atoms with Crippen molar-refractivity contribution >= 4 is 29.1 Å². The SMILES string of the molecule is COC(=O)c1cccc(Nc2ccc(NC(=O)Cc3ccc(C)cc3)cn2)c1. The molecule has 6 heteroatoms. The van der Waals surface area contributed by atoms with Gasteiger partial charge in [0, 0.05) is 5.69 Å². The van der Waals surface area contributed by atoms with Crippen LogP contribution in [-0.2, 0) is 16.0 Å². The lowest BCUT2D eigenvalue weighted by atomic mass is 10.1. The van der Waals surface area contributed by atoms with Gasteiger partial charge in [-0.15, -0.1) is 0 Å². The molecule has 0 aliphatic carbocycles. The van der Waals surface area contributed by atoms with E-state index in [1.54, 1.807) is 36.5 Å². The van der Waals surface area contributed by atoms with Crippen LogP contribution in [0.2, 0.25) is 0 Å². The number of esters is 1. The zero-order valence-electron chi connectivity index (χ0n) is 15.7. The van der Waals surface area contributed by atoms with E-state index < -0.39 is 5.97 Å². The summed E-state index contributed by atoms with van der Waals surface area (Å²) >= 11 is 0. The van der Waals surface area contributed by atoms with E-state index in [1.165, 1.54) is 7.11 Å². The maximum atomic E-state index is 12.2. The van der Waals surface area contributed by atoms with Crippen LogP contribution in [0.25, 0.3) is 0 Å². The molecule has 142 valence electrons. The highest BCUT2D eigenvalue weighted by Gasteiger charge is 2.07. The Hall–Kier alpha value is -3.67. The minimum absolute atomic E-state index is 0.0999. The molecule has 3 rings (SSSR count). The van der Waals surface area contributed by atoms with Crippen molar-refractivity contribution in [3.05, 3.63) is 83.6 Å². The highest BCUT2D eigenvalue weighted by atomic mass is 16.5. The molecule has 1 aromatic heterocycles. The number of carbonyl (C=O) groups excluding carboxylic acids is 2. The van der Waals surface area contributed by atoms with Gasteiger partial charge >= 0.3 is 5.97 Å². The zero-order valence-corrected chi connectivity index (χ0v) is 15.7. The van der Waals surface area contributed by atoms with Gasteiger partial charge in [-0.1, -0.05) is 35.9 Å². The average Bonchev–Trinajstić information content (AvgIpc) is 2.71. The molecule has 0 unspecified atom stereocenters. The Bertz CT molecular complexity index is 967. The number of nitrogens with zero attached hydrogens (tertiary/aromatic N) is 1. The van der Waals surface area contributed by atoms with Crippen LogP contribution in [0.4, 0.5) is 17.2 Å². The minimum Gasteiger partial charge on any atom is -0.465 e. The van der Waals surface area contributed by atoms with E-state index in [-0.39, 0.29) is 5.91 Å². The van der Waals surface area contributed by atoms with Crippen molar-refractivity contribution in [1.82, 2.24) is 4.98 Å². The number of aromatic nitrogens is 1. The van der Waals surface area contributed by atoms with Gasteiger partial charge in [-0.05, 0) is 42.8 Å². The summed E-state index contributed by atoms with van der Waals surface area (Å²) in [6, 6.07) is 18.3. The van der Waals surface area contributed by atoms with E-state index in [0.717, 1.165) is 11.1 Å². The van der Waals surface area contributed by atoms with E-state index in [0.29, 0.717) is 29.2 Å². The maximum Gasteiger partial charge on any atom is 0.337 e. The molecule has 3 aromatic rings. The first-order chi connectivity index (χ1) is 13.5. The molecule has 0 aliphatic heterocycles. The van der Waals surface area contributed by atoms with Crippen molar-refractivity contribution in [3.8, 4) is 0 Å². The van der Waals surface area contributed by atoms with Crippen LogP contribution >= 0.6 is 0 Å². The molecule has 0 spiro atoms. The van der Waals surface area contributed by atoms with Gasteiger partial charge in [-0.3, -0.25) is 4.79 Å². The Morgan fingerprint density at radius 1 is 1.00 bits per heavy atom. The summed E-state index contributed by atoms with van der Waals surface area (Å²) in [7, 11) is 1.34. The predicted molar refractivity (Wildman–Crippen MR) is 109 cm³/mol. The summed E-state index contributed by atoms with van der Waals surface area (Å²) in [5, 5.41) is 5.95. The van der Waals surface area contributed by atoms with Crippen LogP contribution in [-0.4, -0.2) is 24.0 Å². The average molecular weight is 375 g/mol. The van der Waals surface area contributed by atoms with E-state index >= 15 is 0 Å². The van der Waals surface area contributed by atoms with Gasteiger partial charge in [-0.25, -0.2) is 9.78 Å². The molecule has 2 N–H and O–H groups in total. The minimum atomic E-state index is -0.400. The van der Waals surface area contributed by atoms with Crippen molar-refractivity contribution in [1.29, 1.82) is 0 Å². The molecule has 28 heavy (non-hydrogen) atoms. The largest absolute Gasteiger partial charge is 0.465 e. The number of pyridine rings is 1. The second-order valence-electron chi connectivity index (χ2n) is 6.34. The molecule has 1 amide bonds. The number of benzene rings is 2. The Morgan fingerprint density at radius 3 is 2.46 bits per heavy atom. The van der Waals surface area contributed by atoms with E-state index in [1.807, 2.05) is 37.3 Å². The predicted octanol–water partition coefficient (Wildman–Crippen LogP) is 4.10. The number of hydrogen-bond acceptors (Lipinski definition) is 5. The highest BCUT2D eigenvalue weighted by Crippen LogP contribution is 2.18. The molecule has 0 aliphatic rings. The fraction of sp³-hybridized carbons (Fsp3) is 0.136.